The first-order valence-corrected chi connectivity index (χ1v) is 6.99. The van der Waals surface area contributed by atoms with Crippen LogP contribution >= 0.6 is 15.9 Å². The van der Waals surface area contributed by atoms with Gasteiger partial charge in [-0.1, -0.05) is 34.1 Å². The Kier molecular flexibility index (Phi) is 4.49. The summed E-state index contributed by atoms with van der Waals surface area (Å²) < 4.78 is 0. The summed E-state index contributed by atoms with van der Waals surface area (Å²) in [6, 6.07) is 10.8. The summed E-state index contributed by atoms with van der Waals surface area (Å²) in [4.78, 5) is 20.9. The molecule has 0 atom stereocenters. The molecule has 0 spiro atoms. The van der Waals surface area contributed by atoms with Gasteiger partial charge >= 0.3 is 0 Å². The van der Waals surface area contributed by atoms with Crippen molar-refractivity contribution in [1.82, 2.24) is 0 Å². The maximum atomic E-state index is 11.1. The third-order valence-electron chi connectivity index (χ3n) is 2.83. The van der Waals surface area contributed by atoms with Gasteiger partial charge in [0.25, 0.3) is 11.4 Å². The van der Waals surface area contributed by atoms with E-state index in [0.29, 0.717) is 11.0 Å². The minimum Gasteiger partial charge on any atom is -0.344 e. The van der Waals surface area contributed by atoms with Crippen LogP contribution in [0.15, 0.2) is 42.5 Å². The zero-order valence-corrected chi connectivity index (χ0v) is 12.2. The Labute approximate surface area is 128 Å². The van der Waals surface area contributed by atoms with Gasteiger partial charge in [-0.2, -0.15) is 0 Å². The van der Waals surface area contributed by atoms with Crippen LogP contribution in [-0.4, -0.2) is 9.85 Å². The number of nitro benzene ring substituents is 2. The average Bonchev–Trinajstić information content (AvgIpc) is 2.47. The first-order chi connectivity index (χ1) is 10.0. The van der Waals surface area contributed by atoms with Gasteiger partial charge in [0, 0.05) is 23.2 Å². The van der Waals surface area contributed by atoms with Crippen molar-refractivity contribution in [2.45, 2.75) is 5.33 Å². The topological polar surface area (TPSA) is 98.3 Å². The monoisotopic (exact) mass is 351 g/mol. The van der Waals surface area contributed by atoms with Crippen molar-refractivity contribution in [2.24, 2.45) is 0 Å². The van der Waals surface area contributed by atoms with E-state index < -0.39 is 9.85 Å². The third kappa shape index (κ3) is 3.16. The number of halogens is 1. The van der Waals surface area contributed by atoms with E-state index in [2.05, 4.69) is 21.2 Å². The van der Waals surface area contributed by atoms with Gasteiger partial charge in [-0.15, -0.1) is 0 Å². The molecule has 0 saturated heterocycles. The molecule has 0 radical (unpaired) electrons. The molecular weight excluding hydrogens is 342 g/mol. The van der Waals surface area contributed by atoms with Crippen LogP contribution in [0.5, 0.6) is 0 Å². The van der Waals surface area contributed by atoms with Crippen molar-refractivity contribution in [3.8, 4) is 0 Å². The molecule has 0 amide bonds. The highest BCUT2D eigenvalue weighted by Crippen LogP contribution is 2.37. The second kappa shape index (κ2) is 6.31. The van der Waals surface area contributed by atoms with Crippen LogP contribution in [0.2, 0.25) is 0 Å². The highest BCUT2D eigenvalue weighted by Gasteiger charge is 2.25. The summed E-state index contributed by atoms with van der Waals surface area (Å²) in [5.74, 6) is 0. The van der Waals surface area contributed by atoms with Crippen molar-refractivity contribution in [3.63, 3.8) is 0 Å². The number of para-hydroxylation sites is 2. The standard InChI is InChI=1S/C13H10BrN3O4/c14-8-9-4-1-2-5-10(9)15-13-11(16(18)19)6-3-7-12(13)17(20)21/h1-7,15H,8H2. The summed E-state index contributed by atoms with van der Waals surface area (Å²) >= 11 is 3.31. The van der Waals surface area contributed by atoms with Crippen molar-refractivity contribution < 1.29 is 9.85 Å². The summed E-state index contributed by atoms with van der Waals surface area (Å²) in [6.45, 7) is 0. The Morgan fingerprint density at radius 2 is 1.52 bits per heavy atom. The minimum atomic E-state index is -0.647. The van der Waals surface area contributed by atoms with Gasteiger partial charge in [0.05, 0.1) is 9.85 Å². The molecule has 2 rings (SSSR count). The lowest BCUT2D eigenvalue weighted by atomic mass is 10.1. The van der Waals surface area contributed by atoms with Gasteiger partial charge in [-0.25, -0.2) is 0 Å². The zero-order valence-electron chi connectivity index (χ0n) is 10.7. The van der Waals surface area contributed by atoms with Gasteiger partial charge in [-0.05, 0) is 17.7 Å². The van der Waals surface area contributed by atoms with Crippen molar-refractivity contribution in [2.75, 3.05) is 5.32 Å². The molecule has 1 N–H and O–H groups in total. The van der Waals surface area contributed by atoms with Crippen LogP contribution in [0, 0.1) is 20.2 Å². The fraction of sp³-hybridized carbons (Fsp3) is 0.0769. The van der Waals surface area contributed by atoms with Crippen molar-refractivity contribution >= 4 is 38.7 Å². The van der Waals surface area contributed by atoms with Crippen LogP contribution in [0.25, 0.3) is 0 Å². The minimum absolute atomic E-state index is 0.124. The maximum Gasteiger partial charge on any atom is 0.299 e. The van der Waals surface area contributed by atoms with E-state index >= 15 is 0 Å². The molecule has 0 bridgehead atoms. The Bertz CT molecular complexity index is 673. The smallest absolute Gasteiger partial charge is 0.299 e. The first kappa shape index (κ1) is 14.9. The lowest BCUT2D eigenvalue weighted by Gasteiger charge is -2.10. The number of benzene rings is 2. The van der Waals surface area contributed by atoms with Crippen LogP contribution in [0.1, 0.15) is 5.56 Å². The molecule has 0 heterocycles. The molecule has 0 aliphatic rings. The Morgan fingerprint density at radius 1 is 0.952 bits per heavy atom. The number of nitrogens with one attached hydrogen (secondary N) is 1. The molecule has 0 aromatic heterocycles. The SMILES string of the molecule is O=[N+]([O-])c1cccc([N+](=O)[O-])c1Nc1ccccc1CBr. The summed E-state index contributed by atoms with van der Waals surface area (Å²) in [5.41, 5.74) is 0.611. The number of alkyl halides is 1. The van der Waals surface area contributed by atoms with Gasteiger partial charge in [-0.3, -0.25) is 20.2 Å². The second-order valence-corrected chi connectivity index (χ2v) is 4.66. The number of hydrogen-bond acceptors (Lipinski definition) is 5. The van der Waals surface area contributed by atoms with Gasteiger partial charge in [0.1, 0.15) is 0 Å². The lowest BCUT2D eigenvalue weighted by molar-refractivity contribution is -0.392. The molecule has 2 aromatic rings. The van der Waals surface area contributed by atoms with E-state index in [-0.39, 0.29) is 17.1 Å². The average molecular weight is 352 g/mol. The second-order valence-electron chi connectivity index (χ2n) is 4.10. The van der Waals surface area contributed by atoms with Gasteiger partial charge in [0.15, 0.2) is 5.69 Å². The van der Waals surface area contributed by atoms with E-state index in [4.69, 9.17) is 0 Å². The predicted octanol–water partition coefficient (Wildman–Crippen LogP) is 4.14. The fourth-order valence-electron chi connectivity index (χ4n) is 1.85. The number of nitro groups is 2. The van der Waals surface area contributed by atoms with Crippen LogP contribution in [-0.2, 0) is 5.33 Å². The molecule has 21 heavy (non-hydrogen) atoms. The zero-order chi connectivity index (χ0) is 15.4. The Morgan fingerprint density at radius 3 is 2.05 bits per heavy atom. The van der Waals surface area contributed by atoms with Crippen LogP contribution in [0.3, 0.4) is 0 Å². The molecule has 0 unspecified atom stereocenters. The molecular formula is C13H10BrN3O4. The molecule has 108 valence electrons. The highest BCUT2D eigenvalue weighted by molar-refractivity contribution is 9.08. The molecule has 0 saturated carbocycles. The molecule has 0 aliphatic heterocycles. The number of nitrogens with zero attached hydrogens (tertiary/aromatic N) is 2. The van der Waals surface area contributed by atoms with Crippen LogP contribution < -0.4 is 5.32 Å². The quantitative estimate of drug-likeness (QED) is 0.495. The molecule has 0 fully saturated rings. The van der Waals surface area contributed by atoms with Crippen molar-refractivity contribution in [1.29, 1.82) is 0 Å². The normalized spacial score (nSPS) is 10.1. The molecule has 8 heteroatoms. The largest absolute Gasteiger partial charge is 0.344 e. The Balaban J connectivity index is 2.56. The van der Waals surface area contributed by atoms with E-state index in [1.165, 1.54) is 18.2 Å². The van der Waals surface area contributed by atoms with Gasteiger partial charge < -0.3 is 5.32 Å². The van der Waals surface area contributed by atoms with E-state index in [9.17, 15) is 20.2 Å². The molecule has 2 aromatic carbocycles. The molecule has 0 aliphatic carbocycles. The summed E-state index contributed by atoms with van der Waals surface area (Å²) in [7, 11) is 0. The molecule has 7 nitrogen and oxygen atoms in total. The van der Waals surface area contributed by atoms with E-state index in [1.807, 2.05) is 12.1 Å². The third-order valence-corrected chi connectivity index (χ3v) is 3.44. The summed E-state index contributed by atoms with van der Waals surface area (Å²) in [6.07, 6.45) is 0. The Hall–Kier alpha value is -2.48. The van der Waals surface area contributed by atoms with Crippen molar-refractivity contribution in [3.05, 3.63) is 68.3 Å². The first-order valence-electron chi connectivity index (χ1n) is 5.87. The predicted molar refractivity (Wildman–Crippen MR) is 82.1 cm³/mol. The van der Waals surface area contributed by atoms with E-state index in [0.717, 1.165) is 5.56 Å². The van der Waals surface area contributed by atoms with Gasteiger partial charge in [0.2, 0.25) is 0 Å². The van der Waals surface area contributed by atoms with E-state index in [1.54, 1.807) is 12.1 Å². The maximum absolute atomic E-state index is 11.1. The number of anilines is 2. The highest BCUT2D eigenvalue weighted by atomic mass is 79.9. The number of rotatable bonds is 5. The lowest BCUT2D eigenvalue weighted by Crippen LogP contribution is -2.02. The summed E-state index contributed by atoms with van der Waals surface area (Å²) in [5, 5.41) is 25.5. The number of hydrogen-bond donors (Lipinski definition) is 1. The fourth-order valence-corrected chi connectivity index (χ4v) is 2.34. The van der Waals surface area contributed by atoms with Crippen LogP contribution in [0.4, 0.5) is 22.7 Å².